The molecular formula is C10H20N2O. The highest BCUT2D eigenvalue weighted by Gasteiger charge is 2.55. The summed E-state index contributed by atoms with van der Waals surface area (Å²) in [5, 5.41) is 13.5. The summed E-state index contributed by atoms with van der Waals surface area (Å²) in [7, 11) is 0. The SMILES string of the molecule is CC1CCC(CN)(C2(O)CNC2)C1. The van der Waals surface area contributed by atoms with Crippen LogP contribution in [0.4, 0.5) is 0 Å². The summed E-state index contributed by atoms with van der Waals surface area (Å²) < 4.78 is 0. The lowest BCUT2D eigenvalue weighted by atomic mass is 9.67. The van der Waals surface area contributed by atoms with Gasteiger partial charge in [0.15, 0.2) is 0 Å². The fourth-order valence-corrected chi connectivity index (χ4v) is 2.93. The lowest BCUT2D eigenvalue weighted by Gasteiger charge is -2.51. The Labute approximate surface area is 79.7 Å². The van der Waals surface area contributed by atoms with Crippen molar-refractivity contribution in [2.75, 3.05) is 19.6 Å². The van der Waals surface area contributed by atoms with Crippen molar-refractivity contribution in [3.8, 4) is 0 Å². The third-order valence-corrected chi connectivity index (χ3v) is 4.07. The maximum atomic E-state index is 10.3. The molecule has 0 spiro atoms. The van der Waals surface area contributed by atoms with Gasteiger partial charge in [-0.25, -0.2) is 0 Å². The first-order valence-electron chi connectivity index (χ1n) is 5.25. The molecule has 0 amide bonds. The summed E-state index contributed by atoms with van der Waals surface area (Å²) in [6.07, 6.45) is 3.42. The van der Waals surface area contributed by atoms with E-state index in [-0.39, 0.29) is 5.41 Å². The lowest BCUT2D eigenvalue weighted by Crippen LogP contribution is -2.69. The first kappa shape index (κ1) is 9.44. The molecule has 2 unspecified atom stereocenters. The highest BCUT2D eigenvalue weighted by atomic mass is 16.3. The molecule has 0 bridgehead atoms. The number of rotatable bonds is 2. The molecule has 0 radical (unpaired) electrons. The molecule has 2 rings (SSSR count). The van der Waals surface area contributed by atoms with Gasteiger partial charge in [-0.15, -0.1) is 0 Å². The average molecular weight is 184 g/mol. The molecule has 3 nitrogen and oxygen atoms in total. The molecular weight excluding hydrogens is 164 g/mol. The first-order chi connectivity index (χ1) is 6.12. The predicted molar refractivity (Wildman–Crippen MR) is 52.3 cm³/mol. The Kier molecular flexibility index (Phi) is 2.13. The van der Waals surface area contributed by atoms with E-state index in [1.54, 1.807) is 0 Å². The Bertz CT molecular complexity index is 203. The fraction of sp³-hybridized carbons (Fsp3) is 1.00. The zero-order valence-corrected chi connectivity index (χ0v) is 8.34. The summed E-state index contributed by atoms with van der Waals surface area (Å²) >= 11 is 0. The van der Waals surface area contributed by atoms with Gasteiger partial charge in [-0.05, 0) is 18.8 Å². The van der Waals surface area contributed by atoms with Crippen molar-refractivity contribution in [2.45, 2.75) is 31.8 Å². The van der Waals surface area contributed by atoms with E-state index in [4.69, 9.17) is 5.73 Å². The third kappa shape index (κ3) is 1.22. The standard InChI is InChI=1S/C10H20N2O/c1-8-2-3-9(4-8,5-11)10(13)6-12-7-10/h8,12-13H,2-7,11H2,1H3. The van der Waals surface area contributed by atoms with Crippen LogP contribution < -0.4 is 11.1 Å². The number of β-amino-alcohol motifs (C(OH)–C–C–N with tert-alkyl or cyclic N) is 1. The molecule has 2 atom stereocenters. The van der Waals surface area contributed by atoms with Crippen LogP contribution in [0.3, 0.4) is 0 Å². The lowest BCUT2D eigenvalue weighted by molar-refractivity contribution is -0.115. The predicted octanol–water partition coefficient (Wildman–Crippen LogP) is 0.0858. The summed E-state index contributed by atoms with van der Waals surface area (Å²) in [5.41, 5.74) is 5.34. The quantitative estimate of drug-likeness (QED) is 0.570. The highest BCUT2D eigenvalue weighted by Crippen LogP contribution is 2.49. The van der Waals surface area contributed by atoms with Gasteiger partial charge in [0.2, 0.25) is 0 Å². The average Bonchev–Trinajstić information content (AvgIpc) is 2.44. The van der Waals surface area contributed by atoms with Crippen LogP contribution in [-0.2, 0) is 0 Å². The van der Waals surface area contributed by atoms with E-state index >= 15 is 0 Å². The van der Waals surface area contributed by atoms with Crippen LogP contribution in [0.2, 0.25) is 0 Å². The maximum Gasteiger partial charge on any atom is 0.0962 e. The van der Waals surface area contributed by atoms with E-state index in [1.165, 1.54) is 6.42 Å². The van der Waals surface area contributed by atoms with Crippen molar-refractivity contribution < 1.29 is 5.11 Å². The van der Waals surface area contributed by atoms with E-state index in [1.807, 2.05) is 0 Å². The van der Waals surface area contributed by atoms with Gasteiger partial charge in [-0.1, -0.05) is 13.3 Å². The monoisotopic (exact) mass is 184 g/mol. The van der Waals surface area contributed by atoms with Crippen LogP contribution in [0, 0.1) is 11.3 Å². The summed E-state index contributed by atoms with van der Waals surface area (Å²) in [6.45, 7) is 4.36. The number of hydrogen-bond acceptors (Lipinski definition) is 3. The molecule has 1 aliphatic heterocycles. The fourth-order valence-electron chi connectivity index (χ4n) is 2.93. The molecule has 2 aliphatic rings. The van der Waals surface area contributed by atoms with Crippen LogP contribution in [0.25, 0.3) is 0 Å². The minimum absolute atomic E-state index is 0.0116. The number of nitrogens with one attached hydrogen (secondary N) is 1. The van der Waals surface area contributed by atoms with Gasteiger partial charge in [0.05, 0.1) is 5.60 Å². The van der Waals surface area contributed by atoms with Crippen molar-refractivity contribution in [2.24, 2.45) is 17.1 Å². The molecule has 1 aliphatic carbocycles. The molecule has 1 saturated heterocycles. The summed E-state index contributed by atoms with van der Waals surface area (Å²) in [4.78, 5) is 0. The Balaban J connectivity index is 2.15. The number of aliphatic hydroxyl groups is 1. The molecule has 1 heterocycles. The van der Waals surface area contributed by atoms with Gasteiger partial charge >= 0.3 is 0 Å². The van der Waals surface area contributed by atoms with Gasteiger partial charge in [0.1, 0.15) is 0 Å². The van der Waals surface area contributed by atoms with Crippen LogP contribution in [0.15, 0.2) is 0 Å². The maximum absolute atomic E-state index is 10.3. The van der Waals surface area contributed by atoms with E-state index in [9.17, 15) is 5.11 Å². The van der Waals surface area contributed by atoms with Crippen molar-refractivity contribution in [3.05, 3.63) is 0 Å². The molecule has 76 valence electrons. The number of hydrogen-bond donors (Lipinski definition) is 3. The van der Waals surface area contributed by atoms with Crippen LogP contribution in [0.1, 0.15) is 26.2 Å². The summed E-state index contributed by atoms with van der Waals surface area (Å²) in [5.74, 6) is 0.730. The van der Waals surface area contributed by atoms with Crippen molar-refractivity contribution >= 4 is 0 Å². The van der Waals surface area contributed by atoms with Crippen molar-refractivity contribution in [3.63, 3.8) is 0 Å². The van der Waals surface area contributed by atoms with Gasteiger partial charge in [0, 0.05) is 25.0 Å². The molecule has 1 saturated carbocycles. The zero-order chi connectivity index (χ0) is 9.53. The minimum Gasteiger partial charge on any atom is -0.387 e. The molecule has 4 N–H and O–H groups in total. The molecule has 0 aromatic rings. The van der Waals surface area contributed by atoms with Gasteiger partial charge in [0.25, 0.3) is 0 Å². The molecule has 0 aromatic heterocycles. The second-order valence-electron chi connectivity index (χ2n) is 4.97. The van der Waals surface area contributed by atoms with E-state index in [0.717, 1.165) is 31.8 Å². The van der Waals surface area contributed by atoms with Crippen LogP contribution in [-0.4, -0.2) is 30.3 Å². The Hall–Kier alpha value is -0.120. The normalized spacial score (nSPS) is 43.2. The minimum atomic E-state index is -0.507. The Morgan fingerprint density at radius 3 is 2.54 bits per heavy atom. The summed E-state index contributed by atoms with van der Waals surface area (Å²) in [6, 6.07) is 0. The van der Waals surface area contributed by atoms with E-state index in [2.05, 4.69) is 12.2 Å². The van der Waals surface area contributed by atoms with Crippen molar-refractivity contribution in [1.82, 2.24) is 5.32 Å². The molecule has 2 fully saturated rings. The largest absolute Gasteiger partial charge is 0.387 e. The van der Waals surface area contributed by atoms with E-state index in [0.29, 0.717) is 6.54 Å². The third-order valence-electron chi connectivity index (χ3n) is 4.07. The van der Waals surface area contributed by atoms with Crippen LogP contribution >= 0.6 is 0 Å². The second kappa shape index (κ2) is 2.94. The first-order valence-corrected chi connectivity index (χ1v) is 5.25. The van der Waals surface area contributed by atoms with Gasteiger partial charge in [-0.2, -0.15) is 0 Å². The molecule has 0 aromatic carbocycles. The van der Waals surface area contributed by atoms with Crippen molar-refractivity contribution in [1.29, 1.82) is 0 Å². The van der Waals surface area contributed by atoms with Gasteiger partial charge < -0.3 is 16.2 Å². The smallest absolute Gasteiger partial charge is 0.0962 e. The Morgan fingerprint density at radius 2 is 2.23 bits per heavy atom. The number of nitrogens with two attached hydrogens (primary N) is 1. The molecule has 13 heavy (non-hydrogen) atoms. The zero-order valence-electron chi connectivity index (χ0n) is 8.34. The topological polar surface area (TPSA) is 58.3 Å². The highest BCUT2D eigenvalue weighted by molar-refractivity contribution is 5.10. The van der Waals surface area contributed by atoms with Gasteiger partial charge in [-0.3, -0.25) is 0 Å². The Morgan fingerprint density at radius 1 is 1.54 bits per heavy atom. The van der Waals surface area contributed by atoms with Crippen LogP contribution in [0.5, 0.6) is 0 Å². The molecule has 3 heteroatoms. The second-order valence-corrected chi connectivity index (χ2v) is 4.97. The van der Waals surface area contributed by atoms with E-state index < -0.39 is 5.60 Å².